The Bertz CT molecular complexity index is 389. The number of rotatable bonds is 0. The summed E-state index contributed by atoms with van der Waals surface area (Å²) >= 11 is 0. The fraction of sp³-hybridized carbons (Fsp3) is 0.538. The summed E-state index contributed by atoms with van der Waals surface area (Å²) in [6, 6.07) is 2.26. The van der Waals surface area contributed by atoms with Crippen molar-refractivity contribution in [2.24, 2.45) is 0 Å². The van der Waals surface area contributed by atoms with Gasteiger partial charge >= 0.3 is 0 Å². The minimum Gasteiger partial charge on any atom is -0.366 e. The Labute approximate surface area is 86.1 Å². The van der Waals surface area contributed by atoms with Crippen molar-refractivity contribution >= 4 is 0 Å². The van der Waals surface area contributed by atoms with Crippen LogP contribution in [0, 0.1) is 20.8 Å². The molecule has 0 unspecified atom stereocenters. The van der Waals surface area contributed by atoms with Gasteiger partial charge in [-0.3, -0.25) is 0 Å². The van der Waals surface area contributed by atoms with E-state index in [1.54, 1.807) is 0 Å². The van der Waals surface area contributed by atoms with Crippen LogP contribution in [0.25, 0.3) is 0 Å². The van der Waals surface area contributed by atoms with E-state index in [4.69, 9.17) is 4.74 Å². The van der Waals surface area contributed by atoms with E-state index < -0.39 is 0 Å². The van der Waals surface area contributed by atoms with Crippen LogP contribution in [0.15, 0.2) is 6.07 Å². The lowest BCUT2D eigenvalue weighted by molar-refractivity contribution is -0.00827. The van der Waals surface area contributed by atoms with Gasteiger partial charge in [0.25, 0.3) is 0 Å². The summed E-state index contributed by atoms with van der Waals surface area (Å²) in [5.74, 6) is 0. The number of aryl methyl sites for hydroxylation is 2. The first-order valence-electron chi connectivity index (χ1n) is 5.17. The predicted molar refractivity (Wildman–Crippen MR) is 58.5 cm³/mol. The largest absolute Gasteiger partial charge is 0.366 e. The number of fused-ring (bicyclic) bond motifs is 1. The van der Waals surface area contributed by atoms with E-state index in [9.17, 15) is 0 Å². The fourth-order valence-corrected chi connectivity index (χ4v) is 2.47. The van der Waals surface area contributed by atoms with Crippen molar-refractivity contribution in [2.45, 2.75) is 46.8 Å². The summed E-state index contributed by atoms with van der Waals surface area (Å²) in [5.41, 5.74) is 6.85. The summed E-state index contributed by atoms with van der Waals surface area (Å²) in [5, 5.41) is 0. The van der Waals surface area contributed by atoms with E-state index in [1.165, 1.54) is 27.8 Å². The molecule has 0 saturated carbocycles. The summed E-state index contributed by atoms with van der Waals surface area (Å²) in [6.45, 7) is 11.6. The topological polar surface area (TPSA) is 9.23 Å². The molecule has 1 nitrogen and oxygen atoms in total. The highest BCUT2D eigenvalue weighted by atomic mass is 16.5. The fourth-order valence-electron chi connectivity index (χ4n) is 2.47. The first-order valence-corrected chi connectivity index (χ1v) is 5.17. The zero-order chi connectivity index (χ0) is 10.5. The van der Waals surface area contributed by atoms with Crippen molar-refractivity contribution < 1.29 is 4.74 Å². The average Bonchev–Trinajstić information content (AvgIpc) is 2.38. The summed E-state index contributed by atoms with van der Waals surface area (Å²) in [6.07, 6.45) is 0. The highest BCUT2D eigenvalue weighted by molar-refractivity contribution is 5.48. The molecule has 0 spiro atoms. The highest BCUT2D eigenvalue weighted by Gasteiger charge is 2.33. The SMILES string of the molecule is Cc1cc(C)c2c(c1C)C(C)(C)OC2. The molecule has 1 heteroatoms. The summed E-state index contributed by atoms with van der Waals surface area (Å²) in [4.78, 5) is 0. The van der Waals surface area contributed by atoms with Gasteiger partial charge in [-0.05, 0) is 62.4 Å². The lowest BCUT2D eigenvalue weighted by Gasteiger charge is -2.22. The van der Waals surface area contributed by atoms with Gasteiger partial charge in [-0.15, -0.1) is 0 Å². The molecule has 76 valence electrons. The molecule has 1 aliphatic heterocycles. The molecule has 0 fully saturated rings. The number of benzene rings is 1. The number of hydrogen-bond acceptors (Lipinski definition) is 1. The predicted octanol–water partition coefficient (Wildman–Crippen LogP) is 3.38. The second-order valence-corrected chi connectivity index (χ2v) is 4.79. The van der Waals surface area contributed by atoms with Crippen LogP contribution in [0.3, 0.4) is 0 Å². The molecule has 1 aromatic carbocycles. The van der Waals surface area contributed by atoms with Crippen molar-refractivity contribution in [3.8, 4) is 0 Å². The van der Waals surface area contributed by atoms with Gasteiger partial charge in [-0.2, -0.15) is 0 Å². The van der Waals surface area contributed by atoms with Crippen LogP contribution in [0.5, 0.6) is 0 Å². The van der Waals surface area contributed by atoms with Gasteiger partial charge in [-0.1, -0.05) is 6.07 Å². The van der Waals surface area contributed by atoms with Gasteiger partial charge in [0.1, 0.15) is 0 Å². The minimum absolute atomic E-state index is 0.101. The molecule has 0 bridgehead atoms. The third kappa shape index (κ3) is 1.19. The molecule has 0 aliphatic carbocycles. The van der Waals surface area contributed by atoms with Crippen LogP contribution in [-0.2, 0) is 16.9 Å². The molecule has 14 heavy (non-hydrogen) atoms. The van der Waals surface area contributed by atoms with Crippen LogP contribution in [0.2, 0.25) is 0 Å². The van der Waals surface area contributed by atoms with Crippen molar-refractivity contribution in [3.05, 3.63) is 33.9 Å². The van der Waals surface area contributed by atoms with Gasteiger partial charge in [-0.25, -0.2) is 0 Å². The Kier molecular flexibility index (Phi) is 1.97. The zero-order valence-corrected chi connectivity index (χ0v) is 9.69. The molecule has 0 radical (unpaired) electrons. The summed E-state index contributed by atoms with van der Waals surface area (Å²) < 4.78 is 5.83. The maximum atomic E-state index is 5.83. The van der Waals surface area contributed by atoms with Gasteiger partial charge in [0, 0.05) is 0 Å². The lowest BCUT2D eigenvalue weighted by atomic mass is 9.87. The maximum Gasteiger partial charge on any atom is 0.0886 e. The second kappa shape index (κ2) is 2.83. The summed E-state index contributed by atoms with van der Waals surface area (Å²) in [7, 11) is 0. The van der Waals surface area contributed by atoms with E-state index in [0.717, 1.165) is 6.61 Å². The molecule has 0 saturated heterocycles. The quantitative estimate of drug-likeness (QED) is 0.609. The van der Waals surface area contributed by atoms with Crippen molar-refractivity contribution in [1.29, 1.82) is 0 Å². The molecule has 0 aromatic heterocycles. The van der Waals surface area contributed by atoms with Crippen LogP contribution in [0.4, 0.5) is 0 Å². The third-order valence-corrected chi connectivity index (χ3v) is 3.36. The Balaban J connectivity index is 2.75. The van der Waals surface area contributed by atoms with Crippen LogP contribution >= 0.6 is 0 Å². The van der Waals surface area contributed by atoms with Crippen LogP contribution in [-0.4, -0.2) is 0 Å². The van der Waals surface area contributed by atoms with Gasteiger partial charge in [0.05, 0.1) is 12.2 Å². The Morgan fingerprint density at radius 2 is 1.79 bits per heavy atom. The second-order valence-electron chi connectivity index (χ2n) is 4.79. The molecule has 1 heterocycles. The maximum absolute atomic E-state index is 5.83. The molecule has 1 aliphatic rings. The molecule has 0 atom stereocenters. The van der Waals surface area contributed by atoms with Gasteiger partial charge in [0.2, 0.25) is 0 Å². The van der Waals surface area contributed by atoms with Crippen molar-refractivity contribution in [3.63, 3.8) is 0 Å². The Hall–Kier alpha value is -0.820. The number of ether oxygens (including phenoxy) is 1. The highest BCUT2D eigenvalue weighted by Crippen LogP contribution is 2.40. The van der Waals surface area contributed by atoms with Gasteiger partial charge in [0.15, 0.2) is 0 Å². The first-order chi connectivity index (χ1) is 6.43. The van der Waals surface area contributed by atoms with E-state index in [-0.39, 0.29) is 5.60 Å². The van der Waals surface area contributed by atoms with Crippen LogP contribution in [0.1, 0.15) is 41.7 Å². The monoisotopic (exact) mass is 190 g/mol. The molecule has 2 rings (SSSR count). The van der Waals surface area contributed by atoms with E-state index in [1.807, 2.05) is 0 Å². The minimum atomic E-state index is -0.101. The normalized spacial score (nSPS) is 18.4. The molecule has 1 aromatic rings. The van der Waals surface area contributed by atoms with E-state index >= 15 is 0 Å². The van der Waals surface area contributed by atoms with Gasteiger partial charge < -0.3 is 4.74 Å². The molecule has 0 N–H and O–H groups in total. The van der Waals surface area contributed by atoms with E-state index in [0.29, 0.717) is 0 Å². The lowest BCUT2D eigenvalue weighted by Crippen LogP contribution is -2.16. The molecular formula is C13H18O. The Morgan fingerprint density at radius 3 is 2.43 bits per heavy atom. The first kappa shape index (κ1) is 9.72. The average molecular weight is 190 g/mol. The van der Waals surface area contributed by atoms with Crippen LogP contribution < -0.4 is 0 Å². The Morgan fingerprint density at radius 1 is 1.14 bits per heavy atom. The third-order valence-electron chi connectivity index (χ3n) is 3.36. The molecular weight excluding hydrogens is 172 g/mol. The standard InChI is InChI=1S/C13H18O/c1-8-6-9(2)11-7-14-13(4,5)12(11)10(8)3/h6H,7H2,1-5H3. The number of hydrogen-bond donors (Lipinski definition) is 0. The van der Waals surface area contributed by atoms with Crippen molar-refractivity contribution in [2.75, 3.05) is 0 Å². The smallest absolute Gasteiger partial charge is 0.0886 e. The molecule has 0 amide bonds. The zero-order valence-electron chi connectivity index (χ0n) is 9.69. The van der Waals surface area contributed by atoms with Crippen molar-refractivity contribution in [1.82, 2.24) is 0 Å². The van der Waals surface area contributed by atoms with E-state index in [2.05, 4.69) is 40.7 Å².